The van der Waals surface area contributed by atoms with E-state index in [2.05, 4.69) is 15.5 Å². The maximum absolute atomic E-state index is 12.8. The molecule has 0 bridgehead atoms. The highest BCUT2D eigenvalue weighted by molar-refractivity contribution is 6.10. The second kappa shape index (κ2) is 8.12. The van der Waals surface area contributed by atoms with E-state index in [9.17, 15) is 9.59 Å². The van der Waals surface area contributed by atoms with Crippen molar-refractivity contribution in [2.45, 2.75) is 0 Å². The van der Waals surface area contributed by atoms with E-state index in [1.165, 1.54) is 20.3 Å². The summed E-state index contributed by atoms with van der Waals surface area (Å²) in [7, 11) is 3.05. The number of benzene rings is 3. The molecule has 3 aromatic carbocycles. The minimum Gasteiger partial charge on any atom is -0.493 e. The number of ether oxygens (including phenoxy) is 2. The number of anilines is 1. The second-order valence-corrected chi connectivity index (χ2v) is 7.08. The van der Waals surface area contributed by atoms with Crippen LogP contribution < -0.4 is 20.4 Å². The highest BCUT2D eigenvalue weighted by Gasteiger charge is 2.19. The zero-order valence-corrected chi connectivity index (χ0v) is 17.6. The molecule has 0 fully saturated rings. The van der Waals surface area contributed by atoms with Gasteiger partial charge in [-0.3, -0.25) is 10.1 Å². The highest BCUT2D eigenvalue weighted by Crippen LogP contribution is 2.32. The number of amides is 1. The van der Waals surface area contributed by atoms with E-state index in [-0.39, 0.29) is 17.5 Å². The smallest absolute Gasteiger partial charge is 0.349 e. The Bertz CT molecular complexity index is 1570. The predicted molar refractivity (Wildman–Crippen MR) is 121 cm³/mol. The fourth-order valence-corrected chi connectivity index (χ4v) is 3.55. The van der Waals surface area contributed by atoms with Gasteiger partial charge in [0.1, 0.15) is 11.1 Å². The molecule has 0 saturated carbocycles. The van der Waals surface area contributed by atoms with Crippen molar-refractivity contribution in [3.05, 3.63) is 76.6 Å². The molecule has 5 aromatic rings. The van der Waals surface area contributed by atoms with Gasteiger partial charge in [0.2, 0.25) is 5.89 Å². The van der Waals surface area contributed by atoms with E-state index in [1.807, 2.05) is 30.3 Å². The first kappa shape index (κ1) is 20.3. The van der Waals surface area contributed by atoms with Crippen LogP contribution in [-0.4, -0.2) is 30.3 Å². The summed E-state index contributed by atoms with van der Waals surface area (Å²) >= 11 is 0. The number of fused-ring (bicyclic) bond motifs is 3. The zero-order valence-electron chi connectivity index (χ0n) is 17.6. The zero-order chi connectivity index (χ0) is 22.9. The Labute approximate surface area is 186 Å². The van der Waals surface area contributed by atoms with Crippen LogP contribution in [0.3, 0.4) is 0 Å². The summed E-state index contributed by atoms with van der Waals surface area (Å²) in [5.74, 6) is 0.466. The first-order valence-corrected chi connectivity index (χ1v) is 9.90. The Morgan fingerprint density at radius 3 is 2.52 bits per heavy atom. The van der Waals surface area contributed by atoms with Gasteiger partial charge < -0.3 is 18.3 Å². The van der Waals surface area contributed by atoms with E-state index in [1.54, 1.807) is 24.3 Å². The van der Waals surface area contributed by atoms with Gasteiger partial charge in [-0.15, -0.1) is 5.10 Å². The topological polar surface area (TPSA) is 117 Å². The fraction of sp³-hybridized carbons (Fsp3) is 0.0833. The van der Waals surface area contributed by atoms with Crippen molar-refractivity contribution < 1.29 is 23.1 Å². The SMILES string of the molecule is COc1ccc(-c2nnc(NC(=O)c3cc4c(ccc5ccccc54)oc3=O)o2)cc1OC. The molecular formula is C24H17N3O6. The Morgan fingerprint density at radius 2 is 1.70 bits per heavy atom. The molecule has 0 spiro atoms. The van der Waals surface area contributed by atoms with Gasteiger partial charge in [0.15, 0.2) is 11.5 Å². The molecule has 9 nitrogen and oxygen atoms in total. The molecule has 0 radical (unpaired) electrons. The van der Waals surface area contributed by atoms with Gasteiger partial charge in [0.05, 0.1) is 14.2 Å². The van der Waals surface area contributed by atoms with Crippen molar-refractivity contribution in [3.63, 3.8) is 0 Å². The van der Waals surface area contributed by atoms with Crippen molar-refractivity contribution in [2.24, 2.45) is 0 Å². The van der Waals surface area contributed by atoms with Crippen LogP contribution >= 0.6 is 0 Å². The van der Waals surface area contributed by atoms with Crippen LogP contribution in [-0.2, 0) is 0 Å². The first-order valence-electron chi connectivity index (χ1n) is 9.90. The van der Waals surface area contributed by atoms with Gasteiger partial charge in [-0.1, -0.05) is 35.4 Å². The molecule has 0 saturated heterocycles. The minimum absolute atomic E-state index is 0.155. The van der Waals surface area contributed by atoms with Crippen LogP contribution in [0.25, 0.3) is 33.2 Å². The molecule has 0 aliphatic carbocycles. The molecule has 0 unspecified atom stereocenters. The predicted octanol–water partition coefficient (Wildman–Crippen LogP) is 4.27. The quantitative estimate of drug-likeness (QED) is 0.316. The number of nitrogens with one attached hydrogen (secondary N) is 1. The Hall–Kier alpha value is -4.66. The first-order chi connectivity index (χ1) is 16.1. The molecule has 2 aromatic heterocycles. The third-order valence-electron chi connectivity index (χ3n) is 5.16. The lowest BCUT2D eigenvalue weighted by atomic mass is 10.0. The Morgan fingerprint density at radius 1 is 0.879 bits per heavy atom. The number of hydrogen-bond acceptors (Lipinski definition) is 8. The van der Waals surface area contributed by atoms with Gasteiger partial charge in [-0.05, 0) is 41.1 Å². The summed E-state index contributed by atoms with van der Waals surface area (Å²) in [6, 6.07) is 17.6. The van der Waals surface area contributed by atoms with Crippen LogP contribution in [0.4, 0.5) is 6.01 Å². The third-order valence-corrected chi connectivity index (χ3v) is 5.16. The largest absolute Gasteiger partial charge is 0.493 e. The molecule has 2 heterocycles. The summed E-state index contributed by atoms with van der Waals surface area (Å²) in [6.07, 6.45) is 0. The standard InChI is InChI=1S/C24H17N3O6/c1-30-19-10-8-14(11-20(19)31-2)22-26-27-24(33-22)25-21(28)17-12-16-15-6-4-3-5-13(15)7-9-18(16)32-23(17)29/h3-12H,1-2H3,(H,25,27,28). The summed E-state index contributed by atoms with van der Waals surface area (Å²) in [5.41, 5.74) is 0.0146. The van der Waals surface area contributed by atoms with Gasteiger partial charge >= 0.3 is 11.6 Å². The number of aromatic nitrogens is 2. The average molecular weight is 443 g/mol. The monoisotopic (exact) mass is 443 g/mol. The van der Waals surface area contributed by atoms with Gasteiger partial charge in [0.25, 0.3) is 5.91 Å². The summed E-state index contributed by atoms with van der Waals surface area (Å²) in [6.45, 7) is 0. The fourth-order valence-electron chi connectivity index (χ4n) is 3.55. The minimum atomic E-state index is -0.769. The lowest BCUT2D eigenvalue weighted by Gasteiger charge is -2.07. The van der Waals surface area contributed by atoms with Gasteiger partial charge in [-0.2, -0.15) is 0 Å². The van der Waals surface area contributed by atoms with Crippen LogP contribution in [0, 0.1) is 0 Å². The lowest BCUT2D eigenvalue weighted by molar-refractivity contribution is 0.102. The van der Waals surface area contributed by atoms with Crippen LogP contribution in [0.2, 0.25) is 0 Å². The highest BCUT2D eigenvalue weighted by atomic mass is 16.5. The van der Waals surface area contributed by atoms with Gasteiger partial charge in [-0.25, -0.2) is 4.79 Å². The average Bonchev–Trinajstić information content (AvgIpc) is 3.31. The molecule has 33 heavy (non-hydrogen) atoms. The number of methoxy groups -OCH3 is 2. The normalized spacial score (nSPS) is 11.0. The lowest BCUT2D eigenvalue weighted by Crippen LogP contribution is -2.20. The molecule has 0 aliphatic heterocycles. The van der Waals surface area contributed by atoms with Crippen molar-refractivity contribution in [1.82, 2.24) is 10.2 Å². The summed E-state index contributed by atoms with van der Waals surface area (Å²) in [4.78, 5) is 25.2. The van der Waals surface area contributed by atoms with E-state index >= 15 is 0 Å². The summed E-state index contributed by atoms with van der Waals surface area (Å²) < 4.78 is 21.4. The molecule has 164 valence electrons. The van der Waals surface area contributed by atoms with Crippen LogP contribution in [0.5, 0.6) is 11.5 Å². The Kier molecular flexibility index (Phi) is 4.98. The molecule has 1 amide bonds. The number of carbonyl (C=O) groups is 1. The van der Waals surface area contributed by atoms with E-state index in [4.69, 9.17) is 18.3 Å². The van der Waals surface area contributed by atoms with Crippen LogP contribution in [0.1, 0.15) is 10.4 Å². The maximum Gasteiger partial charge on any atom is 0.349 e. The van der Waals surface area contributed by atoms with Crippen molar-refractivity contribution in [1.29, 1.82) is 0 Å². The Balaban J connectivity index is 1.46. The maximum atomic E-state index is 12.8. The van der Waals surface area contributed by atoms with E-state index in [0.717, 1.165) is 10.8 Å². The number of nitrogens with zero attached hydrogens (tertiary/aromatic N) is 2. The molecule has 1 N–H and O–H groups in total. The molecule has 0 aliphatic rings. The molecule has 9 heteroatoms. The van der Waals surface area contributed by atoms with E-state index < -0.39 is 11.5 Å². The van der Waals surface area contributed by atoms with Crippen molar-refractivity contribution >= 4 is 33.7 Å². The number of hydrogen-bond donors (Lipinski definition) is 1. The van der Waals surface area contributed by atoms with E-state index in [0.29, 0.717) is 28.0 Å². The molecule has 5 rings (SSSR count). The van der Waals surface area contributed by atoms with Crippen molar-refractivity contribution in [3.8, 4) is 23.0 Å². The molecule has 0 atom stereocenters. The summed E-state index contributed by atoms with van der Waals surface area (Å²) in [5, 5.41) is 12.7. The second-order valence-electron chi connectivity index (χ2n) is 7.08. The van der Waals surface area contributed by atoms with Crippen LogP contribution in [0.15, 0.2) is 74.3 Å². The number of rotatable bonds is 5. The third kappa shape index (κ3) is 3.65. The van der Waals surface area contributed by atoms with Gasteiger partial charge in [0, 0.05) is 10.9 Å². The number of carbonyl (C=O) groups excluding carboxylic acids is 1. The van der Waals surface area contributed by atoms with Crippen molar-refractivity contribution in [2.75, 3.05) is 19.5 Å². The molecular weight excluding hydrogens is 426 g/mol.